The topological polar surface area (TPSA) is 50.4 Å². The molecule has 118 valence electrons. The standard InChI is InChI=1S/C14H19F3N2O2/c1-11(13(20)19-10-14(15,16)17)18-8-5-9-21-12-6-3-2-4-7-12/h2-4,6-7,11,18H,5,8-10H2,1H3,(H,19,20). The van der Waals surface area contributed by atoms with Crippen LogP contribution in [0, 0.1) is 0 Å². The molecule has 2 N–H and O–H groups in total. The highest BCUT2D eigenvalue weighted by molar-refractivity contribution is 5.81. The van der Waals surface area contributed by atoms with Gasteiger partial charge in [0.05, 0.1) is 12.6 Å². The van der Waals surface area contributed by atoms with Gasteiger partial charge in [0.15, 0.2) is 0 Å². The smallest absolute Gasteiger partial charge is 0.405 e. The van der Waals surface area contributed by atoms with Gasteiger partial charge in [-0.25, -0.2) is 0 Å². The molecular weight excluding hydrogens is 285 g/mol. The number of ether oxygens (including phenoxy) is 1. The minimum absolute atomic E-state index is 0.466. The zero-order chi connectivity index (χ0) is 15.7. The summed E-state index contributed by atoms with van der Waals surface area (Å²) >= 11 is 0. The number of carbonyl (C=O) groups is 1. The first kappa shape index (κ1) is 17.3. The summed E-state index contributed by atoms with van der Waals surface area (Å²) in [4.78, 5) is 11.4. The molecule has 0 saturated carbocycles. The Labute approximate surface area is 121 Å². The number of amides is 1. The lowest BCUT2D eigenvalue weighted by molar-refractivity contribution is -0.139. The monoisotopic (exact) mass is 304 g/mol. The number of alkyl halides is 3. The third kappa shape index (κ3) is 8.19. The Morgan fingerprint density at radius 3 is 2.57 bits per heavy atom. The Balaban J connectivity index is 2.10. The lowest BCUT2D eigenvalue weighted by atomic mass is 10.3. The van der Waals surface area contributed by atoms with Crippen molar-refractivity contribution in [2.45, 2.75) is 25.6 Å². The van der Waals surface area contributed by atoms with E-state index in [1.54, 1.807) is 0 Å². The quantitative estimate of drug-likeness (QED) is 0.723. The molecule has 0 aliphatic rings. The van der Waals surface area contributed by atoms with Crippen LogP contribution < -0.4 is 15.4 Å². The minimum atomic E-state index is -4.39. The molecule has 0 aliphatic heterocycles. The van der Waals surface area contributed by atoms with E-state index in [1.165, 1.54) is 6.92 Å². The number of benzene rings is 1. The molecule has 0 fully saturated rings. The highest BCUT2D eigenvalue weighted by atomic mass is 19.4. The van der Waals surface area contributed by atoms with Gasteiger partial charge in [-0.15, -0.1) is 0 Å². The van der Waals surface area contributed by atoms with Gasteiger partial charge in [0.1, 0.15) is 12.3 Å². The molecule has 0 spiro atoms. The van der Waals surface area contributed by atoms with Gasteiger partial charge in [-0.1, -0.05) is 18.2 Å². The van der Waals surface area contributed by atoms with Gasteiger partial charge < -0.3 is 15.4 Å². The second-order valence-electron chi connectivity index (χ2n) is 4.52. The van der Waals surface area contributed by atoms with E-state index in [-0.39, 0.29) is 0 Å². The summed E-state index contributed by atoms with van der Waals surface area (Å²) in [6.45, 7) is 1.15. The average molecular weight is 304 g/mol. The maximum absolute atomic E-state index is 11.9. The van der Waals surface area contributed by atoms with Gasteiger partial charge in [-0.2, -0.15) is 13.2 Å². The van der Waals surface area contributed by atoms with Crippen molar-refractivity contribution in [2.24, 2.45) is 0 Å². The molecule has 1 unspecified atom stereocenters. The molecule has 0 saturated heterocycles. The highest BCUT2D eigenvalue weighted by Gasteiger charge is 2.28. The SMILES string of the molecule is CC(NCCCOc1ccccc1)C(=O)NCC(F)(F)F. The van der Waals surface area contributed by atoms with E-state index in [2.05, 4.69) is 5.32 Å². The predicted octanol–water partition coefficient (Wildman–Crippen LogP) is 2.11. The Morgan fingerprint density at radius 2 is 1.95 bits per heavy atom. The Bertz CT molecular complexity index is 424. The van der Waals surface area contributed by atoms with Gasteiger partial charge >= 0.3 is 6.18 Å². The fourth-order valence-corrected chi connectivity index (χ4v) is 1.53. The molecule has 1 aromatic rings. The number of para-hydroxylation sites is 1. The van der Waals surface area contributed by atoms with E-state index >= 15 is 0 Å². The minimum Gasteiger partial charge on any atom is -0.494 e. The number of carbonyl (C=O) groups excluding carboxylic acids is 1. The molecule has 1 atom stereocenters. The van der Waals surface area contributed by atoms with Gasteiger partial charge in [-0.05, 0) is 32.0 Å². The maximum Gasteiger partial charge on any atom is 0.405 e. The van der Waals surface area contributed by atoms with E-state index in [0.717, 1.165) is 5.75 Å². The van der Waals surface area contributed by atoms with E-state index in [0.29, 0.717) is 19.6 Å². The van der Waals surface area contributed by atoms with Crippen LogP contribution in [0.15, 0.2) is 30.3 Å². The van der Waals surface area contributed by atoms with Crippen molar-refractivity contribution < 1.29 is 22.7 Å². The number of nitrogens with one attached hydrogen (secondary N) is 2. The second kappa shape index (κ2) is 8.51. The van der Waals surface area contributed by atoms with Crippen LogP contribution in [0.4, 0.5) is 13.2 Å². The zero-order valence-corrected chi connectivity index (χ0v) is 11.7. The molecular formula is C14H19F3N2O2. The van der Waals surface area contributed by atoms with Crippen LogP contribution in [0.25, 0.3) is 0 Å². The number of hydrogen-bond donors (Lipinski definition) is 2. The van der Waals surface area contributed by atoms with Crippen LogP contribution >= 0.6 is 0 Å². The van der Waals surface area contributed by atoms with E-state index in [4.69, 9.17) is 4.74 Å². The van der Waals surface area contributed by atoms with Crippen molar-refractivity contribution in [3.8, 4) is 5.75 Å². The predicted molar refractivity (Wildman–Crippen MR) is 73.1 cm³/mol. The van der Waals surface area contributed by atoms with E-state index in [1.807, 2.05) is 35.6 Å². The summed E-state index contributed by atoms with van der Waals surface area (Å²) in [7, 11) is 0. The summed E-state index contributed by atoms with van der Waals surface area (Å²) in [5.74, 6) is 0.0878. The first-order valence-electron chi connectivity index (χ1n) is 6.64. The molecule has 21 heavy (non-hydrogen) atoms. The molecule has 0 bridgehead atoms. The molecule has 1 aromatic carbocycles. The summed E-state index contributed by atoms with van der Waals surface area (Å²) in [6, 6.07) is 8.60. The highest BCUT2D eigenvalue weighted by Crippen LogP contribution is 2.12. The Kier molecular flexibility index (Phi) is 7.01. The fourth-order valence-electron chi connectivity index (χ4n) is 1.53. The first-order valence-corrected chi connectivity index (χ1v) is 6.64. The van der Waals surface area contributed by atoms with Crippen molar-refractivity contribution in [1.29, 1.82) is 0 Å². The van der Waals surface area contributed by atoms with Gasteiger partial charge in [0.2, 0.25) is 5.91 Å². The fraction of sp³-hybridized carbons (Fsp3) is 0.500. The van der Waals surface area contributed by atoms with Crippen LogP contribution in [-0.4, -0.2) is 37.8 Å². The summed E-state index contributed by atoms with van der Waals surface area (Å²) < 4.78 is 41.3. The summed E-state index contributed by atoms with van der Waals surface area (Å²) in [5, 5.41) is 4.68. The Morgan fingerprint density at radius 1 is 1.29 bits per heavy atom. The third-order valence-electron chi connectivity index (χ3n) is 2.64. The molecule has 1 rings (SSSR count). The first-order chi connectivity index (χ1) is 9.88. The molecule has 4 nitrogen and oxygen atoms in total. The van der Waals surface area contributed by atoms with Crippen LogP contribution in [0.3, 0.4) is 0 Å². The van der Waals surface area contributed by atoms with Gasteiger partial charge in [-0.3, -0.25) is 4.79 Å². The van der Waals surface area contributed by atoms with Crippen molar-refractivity contribution in [3.05, 3.63) is 30.3 Å². The molecule has 0 heterocycles. The van der Waals surface area contributed by atoms with Crippen molar-refractivity contribution in [3.63, 3.8) is 0 Å². The lowest BCUT2D eigenvalue weighted by Crippen LogP contribution is -2.45. The van der Waals surface area contributed by atoms with Crippen LogP contribution in [-0.2, 0) is 4.79 Å². The lowest BCUT2D eigenvalue weighted by Gasteiger charge is -2.15. The second-order valence-corrected chi connectivity index (χ2v) is 4.52. The molecule has 0 aromatic heterocycles. The van der Waals surface area contributed by atoms with Crippen LogP contribution in [0.2, 0.25) is 0 Å². The molecule has 1 amide bonds. The van der Waals surface area contributed by atoms with Crippen molar-refractivity contribution >= 4 is 5.91 Å². The van der Waals surface area contributed by atoms with Crippen molar-refractivity contribution in [1.82, 2.24) is 10.6 Å². The van der Waals surface area contributed by atoms with Crippen molar-refractivity contribution in [2.75, 3.05) is 19.7 Å². The van der Waals surface area contributed by atoms with Gasteiger partial charge in [0.25, 0.3) is 0 Å². The number of rotatable bonds is 8. The number of hydrogen-bond acceptors (Lipinski definition) is 3. The summed E-state index contributed by atoms with van der Waals surface area (Å²) in [5.41, 5.74) is 0. The normalized spacial score (nSPS) is 12.8. The molecule has 0 radical (unpaired) electrons. The maximum atomic E-state index is 11.9. The van der Waals surface area contributed by atoms with Gasteiger partial charge in [0, 0.05) is 0 Å². The Hall–Kier alpha value is -1.76. The summed E-state index contributed by atoms with van der Waals surface area (Å²) in [6.07, 6.45) is -3.75. The number of halogens is 3. The van der Waals surface area contributed by atoms with E-state index < -0.39 is 24.7 Å². The van der Waals surface area contributed by atoms with E-state index in [9.17, 15) is 18.0 Å². The average Bonchev–Trinajstić information content (AvgIpc) is 2.44. The zero-order valence-electron chi connectivity index (χ0n) is 11.7. The molecule has 0 aliphatic carbocycles. The van der Waals surface area contributed by atoms with Crippen LogP contribution in [0.5, 0.6) is 5.75 Å². The molecule has 7 heteroatoms. The largest absolute Gasteiger partial charge is 0.494 e. The van der Waals surface area contributed by atoms with Crippen LogP contribution in [0.1, 0.15) is 13.3 Å². The third-order valence-corrected chi connectivity index (χ3v) is 2.64.